The van der Waals surface area contributed by atoms with Crippen LogP contribution < -0.4 is 4.90 Å². The van der Waals surface area contributed by atoms with Gasteiger partial charge in [-0.05, 0) is 43.4 Å². The normalized spacial score (nSPS) is 14.9. The van der Waals surface area contributed by atoms with E-state index in [4.69, 9.17) is 11.6 Å². The molecule has 0 aromatic heterocycles. The zero-order chi connectivity index (χ0) is 13.1. The van der Waals surface area contributed by atoms with Crippen molar-refractivity contribution in [3.63, 3.8) is 0 Å². The monoisotopic (exact) mass is 265 g/mol. The number of carbonyl (C=O) groups is 1. The van der Waals surface area contributed by atoms with Gasteiger partial charge in [-0.1, -0.05) is 25.4 Å². The van der Waals surface area contributed by atoms with Crippen molar-refractivity contribution in [1.29, 1.82) is 0 Å². The Morgan fingerprint density at radius 2 is 2.17 bits per heavy atom. The van der Waals surface area contributed by atoms with E-state index in [9.17, 15) is 4.79 Å². The molecule has 2 rings (SSSR count). The third-order valence-corrected chi connectivity index (χ3v) is 3.60. The highest BCUT2D eigenvalue weighted by Gasteiger charge is 2.30. The molecule has 0 atom stereocenters. The fourth-order valence-electron chi connectivity index (χ4n) is 2.16. The lowest BCUT2D eigenvalue weighted by molar-refractivity contribution is 0.112. The summed E-state index contributed by atoms with van der Waals surface area (Å²) in [6.07, 6.45) is 4.53. The van der Waals surface area contributed by atoms with Crippen LogP contribution in [0.4, 0.5) is 5.69 Å². The summed E-state index contributed by atoms with van der Waals surface area (Å²) in [7, 11) is 0. The van der Waals surface area contributed by atoms with Gasteiger partial charge in [0.25, 0.3) is 0 Å². The van der Waals surface area contributed by atoms with Gasteiger partial charge < -0.3 is 4.90 Å². The van der Waals surface area contributed by atoms with Gasteiger partial charge in [-0.25, -0.2) is 0 Å². The maximum Gasteiger partial charge on any atom is 0.152 e. The van der Waals surface area contributed by atoms with Gasteiger partial charge in [0, 0.05) is 28.9 Å². The van der Waals surface area contributed by atoms with E-state index in [0.29, 0.717) is 22.5 Å². The van der Waals surface area contributed by atoms with Crippen LogP contribution in [0.25, 0.3) is 0 Å². The molecule has 2 nitrogen and oxygen atoms in total. The molecule has 0 bridgehead atoms. The van der Waals surface area contributed by atoms with Crippen molar-refractivity contribution in [2.24, 2.45) is 5.92 Å². The standard InChI is InChI=1S/C15H20ClNO/c1-11(2)7-8-17(14-4-5-14)15-6-3-13(16)9-12(15)10-18/h3,6,9-11,14H,4-5,7-8H2,1-2H3. The average Bonchev–Trinajstić information content (AvgIpc) is 3.15. The van der Waals surface area contributed by atoms with Crippen LogP contribution >= 0.6 is 11.6 Å². The zero-order valence-electron chi connectivity index (χ0n) is 11.0. The van der Waals surface area contributed by atoms with Crippen LogP contribution in [0.5, 0.6) is 0 Å². The molecule has 1 aromatic carbocycles. The minimum Gasteiger partial charge on any atom is -0.368 e. The molecule has 3 heteroatoms. The number of rotatable bonds is 6. The van der Waals surface area contributed by atoms with Gasteiger partial charge >= 0.3 is 0 Å². The van der Waals surface area contributed by atoms with E-state index < -0.39 is 0 Å². The minimum atomic E-state index is 0.614. The minimum absolute atomic E-state index is 0.614. The van der Waals surface area contributed by atoms with Gasteiger partial charge in [-0.3, -0.25) is 4.79 Å². The lowest BCUT2D eigenvalue weighted by Crippen LogP contribution is -2.28. The molecule has 1 aliphatic carbocycles. The molecule has 0 amide bonds. The molecule has 1 saturated carbocycles. The first-order chi connectivity index (χ1) is 8.61. The summed E-state index contributed by atoms with van der Waals surface area (Å²) in [5.41, 5.74) is 1.75. The van der Waals surface area contributed by atoms with Crippen molar-refractivity contribution in [1.82, 2.24) is 0 Å². The van der Waals surface area contributed by atoms with Crippen molar-refractivity contribution in [2.75, 3.05) is 11.4 Å². The molecule has 1 fully saturated rings. The molecule has 18 heavy (non-hydrogen) atoms. The summed E-state index contributed by atoms with van der Waals surface area (Å²) in [5.74, 6) is 0.679. The van der Waals surface area contributed by atoms with E-state index in [0.717, 1.165) is 24.9 Å². The average molecular weight is 266 g/mol. The third kappa shape index (κ3) is 3.26. The van der Waals surface area contributed by atoms with Crippen LogP contribution in [0, 0.1) is 5.92 Å². The van der Waals surface area contributed by atoms with Crippen molar-refractivity contribution < 1.29 is 4.79 Å². The van der Waals surface area contributed by atoms with Crippen molar-refractivity contribution in [3.05, 3.63) is 28.8 Å². The first-order valence-corrected chi connectivity index (χ1v) is 7.01. The Hall–Kier alpha value is -1.02. The summed E-state index contributed by atoms with van der Waals surface area (Å²) >= 11 is 5.95. The molecule has 0 aliphatic heterocycles. The predicted molar refractivity (Wildman–Crippen MR) is 76.7 cm³/mol. The van der Waals surface area contributed by atoms with E-state index in [1.165, 1.54) is 12.8 Å². The number of halogens is 1. The summed E-state index contributed by atoms with van der Waals surface area (Å²) < 4.78 is 0. The Bertz CT molecular complexity index is 427. The number of nitrogens with zero attached hydrogens (tertiary/aromatic N) is 1. The smallest absolute Gasteiger partial charge is 0.152 e. The molecule has 0 saturated heterocycles. The van der Waals surface area contributed by atoms with Crippen LogP contribution in [-0.4, -0.2) is 18.9 Å². The molecule has 0 radical (unpaired) electrons. The molecular weight excluding hydrogens is 246 g/mol. The third-order valence-electron chi connectivity index (χ3n) is 3.36. The Labute approximate surface area is 114 Å². The largest absolute Gasteiger partial charge is 0.368 e. The number of anilines is 1. The lowest BCUT2D eigenvalue weighted by atomic mass is 10.1. The number of hydrogen-bond acceptors (Lipinski definition) is 2. The van der Waals surface area contributed by atoms with Gasteiger partial charge in [0.1, 0.15) is 0 Å². The molecule has 0 N–H and O–H groups in total. The summed E-state index contributed by atoms with van der Waals surface area (Å²) in [6, 6.07) is 6.22. The van der Waals surface area contributed by atoms with Crippen LogP contribution in [0.15, 0.2) is 18.2 Å². The van der Waals surface area contributed by atoms with Crippen molar-refractivity contribution in [3.8, 4) is 0 Å². The maximum absolute atomic E-state index is 11.2. The van der Waals surface area contributed by atoms with Gasteiger partial charge in [0.2, 0.25) is 0 Å². The second kappa shape index (κ2) is 5.75. The van der Waals surface area contributed by atoms with Crippen molar-refractivity contribution in [2.45, 2.75) is 39.2 Å². The topological polar surface area (TPSA) is 20.3 Å². The van der Waals surface area contributed by atoms with E-state index in [1.54, 1.807) is 6.07 Å². The molecule has 98 valence electrons. The number of hydrogen-bond donors (Lipinski definition) is 0. The van der Waals surface area contributed by atoms with Gasteiger partial charge in [-0.2, -0.15) is 0 Å². The lowest BCUT2D eigenvalue weighted by Gasteiger charge is -2.27. The van der Waals surface area contributed by atoms with Gasteiger partial charge in [0.15, 0.2) is 6.29 Å². The first-order valence-electron chi connectivity index (χ1n) is 6.63. The second-order valence-corrected chi connectivity index (χ2v) is 5.86. The fraction of sp³-hybridized carbons (Fsp3) is 0.533. The Balaban J connectivity index is 2.21. The highest BCUT2D eigenvalue weighted by Crippen LogP contribution is 2.34. The Morgan fingerprint density at radius 1 is 1.44 bits per heavy atom. The molecule has 1 aromatic rings. The fourth-order valence-corrected chi connectivity index (χ4v) is 2.35. The molecule has 0 heterocycles. The van der Waals surface area contributed by atoms with Crippen LogP contribution in [0.3, 0.4) is 0 Å². The van der Waals surface area contributed by atoms with Crippen LogP contribution in [0.2, 0.25) is 5.02 Å². The molecular formula is C15H20ClNO. The van der Waals surface area contributed by atoms with E-state index in [-0.39, 0.29) is 0 Å². The Kier molecular flexibility index (Phi) is 4.28. The summed E-state index contributed by atoms with van der Waals surface area (Å²) in [4.78, 5) is 13.6. The van der Waals surface area contributed by atoms with Crippen LogP contribution in [-0.2, 0) is 0 Å². The first kappa shape index (κ1) is 13.4. The highest BCUT2D eigenvalue weighted by atomic mass is 35.5. The number of aldehydes is 1. The quantitative estimate of drug-likeness (QED) is 0.720. The Morgan fingerprint density at radius 3 is 2.72 bits per heavy atom. The maximum atomic E-state index is 11.2. The SMILES string of the molecule is CC(C)CCN(c1ccc(Cl)cc1C=O)C1CC1. The van der Waals surface area contributed by atoms with Crippen LogP contribution in [0.1, 0.15) is 43.5 Å². The van der Waals surface area contributed by atoms with E-state index >= 15 is 0 Å². The van der Waals surface area contributed by atoms with Gasteiger partial charge in [0.05, 0.1) is 0 Å². The van der Waals surface area contributed by atoms with E-state index in [1.807, 2.05) is 12.1 Å². The summed E-state index contributed by atoms with van der Waals surface area (Å²) in [5, 5.41) is 0.625. The highest BCUT2D eigenvalue weighted by molar-refractivity contribution is 6.31. The molecule has 0 unspecified atom stereocenters. The zero-order valence-corrected chi connectivity index (χ0v) is 11.8. The molecule has 1 aliphatic rings. The second-order valence-electron chi connectivity index (χ2n) is 5.43. The molecule has 0 spiro atoms. The summed E-state index contributed by atoms with van der Waals surface area (Å²) in [6.45, 7) is 5.48. The number of benzene rings is 1. The van der Waals surface area contributed by atoms with E-state index in [2.05, 4.69) is 18.7 Å². The van der Waals surface area contributed by atoms with Crippen molar-refractivity contribution >= 4 is 23.6 Å². The predicted octanol–water partition coefficient (Wildman–Crippen LogP) is 4.17. The van der Waals surface area contributed by atoms with Gasteiger partial charge in [-0.15, -0.1) is 0 Å². The number of carbonyl (C=O) groups excluding carboxylic acids is 1.